The number of carbonyl (C=O) groups is 1. The van der Waals surface area contributed by atoms with Crippen molar-refractivity contribution in [3.8, 4) is 5.75 Å². The van der Waals surface area contributed by atoms with Crippen LogP contribution in [0.3, 0.4) is 0 Å². The van der Waals surface area contributed by atoms with E-state index in [2.05, 4.69) is 67.3 Å². The van der Waals surface area contributed by atoms with Crippen LogP contribution in [0.4, 0.5) is 5.69 Å². The van der Waals surface area contributed by atoms with E-state index in [1.807, 2.05) is 12.1 Å². The van der Waals surface area contributed by atoms with E-state index in [4.69, 9.17) is 0 Å². The first kappa shape index (κ1) is 21.3. The van der Waals surface area contributed by atoms with Gasteiger partial charge in [-0.15, -0.1) is 0 Å². The second kappa shape index (κ2) is 7.23. The molecule has 0 saturated heterocycles. The van der Waals surface area contributed by atoms with Gasteiger partial charge in [-0.1, -0.05) is 62.0 Å². The summed E-state index contributed by atoms with van der Waals surface area (Å²) in [5, 5.41) is 14.0. The molecule has 0 heterocycles. The monoisotopic (exact) mass is 345 g/mol. The van der Waals surface area contributed by atoms with Crippen molar-refractivity contribution >= 4 is 11.6 Å². The summed E-state index contributed by atoms with van der Waals surface area (Å²) < 4.78 is 0. The summed E-state index contributed by atoms with van der Waals surface area (Å²) in [5.74, 6) is 0.805. The van der Waals surface area contributed by atoms with Crippen LogP contribution in [0.1, 0.15) is 73.4 Å². The Labute approximate surface area is 153 Å². The van der Waals surface area contributed by atoms with E-state index in [9.17, 15) is 9.90 Å². The Morgan fingerprint density at radius 1 is 1.00 bits per heavy atom. The van der Waals surface area contributed by atoms with Gasteiger partial charge < -0.3 is 10.4 Å². The summed E-state index contributed by atoms with van der Waals surface area (Å²) in [4.78, 5) is 12.1. The van der Waals surface area contributed by atoms with E-state index in [-0.39, 0.29) is 16.7 Å². The molecule has 2 N–H and O–H groups in total. The Kier molecular flexibility index (Phi) is 6.15. The van der Waals surface area contributed by atoms with Crippen LogP contribution in [-0.4, -0.2) is 11.0 Å². The third-order valence-electron chi connectivity index (χ3n) is 6.03. The number of benzene rings is 1. The fourth-order valence-corrected chi connectivity index (χ4v) is 2.55. The van der Waals surface area contributed by atoms with Crippen LogP contribution in [0.15, 0.2) is 24.3 Å². The first-order chi connectivity index (χ1) is 11.2. The number of rotatable bonds is 6. The normalized spacial score (nSPS) is 12.6. The van der Waals surface area contributed by atoms with Gasteiger partial charge in [0.15, 0.2) is 0 Å². The molecule has 1 rings (SSSR count). The van der Waals surface area contributed by atoms with Gasteiger partial charge in [-0.3, -0.25) is 4.79 Å². The van der Waals surface area contributed by atoms with Gasteiger partial charge in [-0.2, -0.15) is 0 Å². The highest BCUT2D eigenvalue weighted by atomic mass is 16.3. The van der Waals surface area contributed by atoms with E-state index in [1.54, 1.807) is 6.92 Å². The molecule has 0 aliphatic carbocycles. The summed E-state index contributed by atoms with van der Waals surface area (Å²) in [5.41, 5.74) is 2.45. The molecule has 0 atom stereocenters. The van der Waals surface area contributed by atoms with Crippen molar-refractivity contribution in [3.63, 3.8) is 0 Å². The molecule has 3 nitrogen and oxygen atoms in total. The van der Waals surface area contributed by atoms with Gasteiger partial charge in [0.1, 0.15) is 5.75 Å². The molecular weight excluding hydrogens is 310 g/mol. The number of phenolic OH excluding ortho intramolecular Hbond substituents is 1. The smallest absolute Gasteiger partial charge is 0.250 e. The highest BCUT2D eigenvalue weighted by Crippen LogP contribution is 2.46. The first-order valence-corrected chi connectivity index (χ1v) is 9.07. The molecule has 0 unspecified atom stereocenters. The van der Waals surface area contributed by atoms with Crippen molar-refractivity contribution in [2.45, 2.75) is 73.1 Å². The van der Waals surface area contributed by atoms with E-state index in [0.29, 0.717) is 28.8 Å². The minimum absolute atomic E-state index is 0.202. The zero-order valence-corrected chi connectivity index (χ0v) is 17.4. The molecule has 0 saturated carbocycles. The Bertz CT molecular complexity index is 626. The second-order valence-electron chi connectivity index (χ2n) is 8.91. The maximum Gasteiger partial charge on any atom is 0.250 e. The number of aromatic hydroxyl groups is 1. The third kappa shape index (κ3) is 4.26. The van der Waals surface area contributed by atoms with Crippen LogP contribution in [-0.2, 0) is 15.6 Å². The van der Waals surface area contributed by atoms with E-state index in [0.717, 1.165) is 11.1 Å². The molecule has 0 aromatic heterocycles. The maximum absolute atomic E-state index is 12.1. The van der Waals surface area contributed by atoms with Crippen LogP contribution in [0.5, 0.6) is 5.75 Å². The zero-order valence-electron chi connectivity index (χ0n) is 17.4. The molecule has 3 heteroatoms. The Morgan fingerprint density at radius 3 is 1.64 bits per heavy atom. The first-order valence-electron chi connectivity index (χ1n) is 9.07. The number of amides is 1. The van der Waals surface area contributed by atoms with Gasteiger partial charge >= 0.3 is 0 Å². The Morgan fingerprint density at radius 2 is 1.36 bits per heavy atom. The van der Waals surface area contributed by atoms with Crippen molar-refractivity contribution in [1.82, 2.24) is 0 Å². The number of anilines is 1. The molecule has 0 fully saturated rings. The SMILES string of the molecule is C=C(C)C(=O)Nc1cc(C(C)(C)C(C)C)c(O)c(C(C)(C)C(C)C)c1. The van der Waals surface area contributed by atoms with Gasteiger partial charge in [0.25, 0.3) is 5.91 Å². The van der Waals surface area contributed by atoms with Crippen molar-refractivity contribution < 1.29 is 9.90 Å². The molecule has 0 bridgehead atoms. The summed E-state index contributed by atoms with van der Waals surface area (Å²) >= 11 is 0. The molecule has 0 aliphatic heterocycles. The van der Waals surface area contributed by atoms with Gasteiger partial charge in [0.2, 0.25) is 0 Å². The molecule has 1 aromatic carbocycles. The molecule has 1 amide bonds. The van der Waals surface area contributed by atoms with Crippen LogP contribution >= 0.6 is 0 Å². The quantitative estimate of drug-likeness (QED) is 0.507. The topological polar surface area (TPSA) is 49.3 Å². The minimum atomic E-state index is -0.226. The molecule has 140 valence electrons. The van der Waals surface area contributed by atoms with Gasteiger partial charge in [-0.25, -0.2) is 0 Å². The number of nitrogens with one attached hydrogen (secondary N) is 1. The molecule has 0 spiro atoms. The van der Waals surface area contributed by atoms with Crippen LogP contribution in [0.25, 0.3) is 0 Å². The molecule has 25 heavy (non-hydrogen) atoms. The van der Waals surface area contributed by atoms with Crippen LogP contribution < -0.4 is 5.32 Å². The number of phenols is 1. The Hall–Kier alpha value is -1.77. The van der Waals surface area contributed by atoms with Crippen molar-refractivity contribution in [3.05, 3.63) is 35.4 Å². The highest BCUT2D eigenvalue weighted by molar-refractivity contribution is 6.03. The van der Waals surface area contributed by atoms with E-state index >= 15 is 0 Å². The summed E-state index contributed by atoms with van der Waals surface area (Å²) in [6.07, 6.45) is 0. The van der Waals surface area contributed by atoms with Crippen LogP contribution in [0, 0.1) is 11.8 Å². The van der Waals surface area contributed by atoms with Crippen LogP contribution in [0.2, 0.25) is 0 Å². The summed E-state index contributed by atoms with van der Waals surface area (Å²) in [6, 6.07) is 3.80. The lowest BCUT2D eigenvalue weighted by Gasteiger charge is -2.36. The zero-order chi connectivity index (χ0) is 19.7. The van der Waals surface area contributed by atoms with Gasteiger partial charge in [0.05, 0.1) is 0 Å². The number of hydrogen-bond donors (Lipinski definition) is 2. The van der Waals surface area contributed by atoms with Crippen molar-refractivity contribution in [2.75, 3.05) is 5.32 Å². The molecule has 1 aromatic rings. The fourth-order valence-electron chi connectivity index (χ4n) is 2.55. The largest absolute Gasteiger partial charge is 0.507 e. The second-order valence-corrected chi connectivity index (χ2v) is 8.91. The standard InChI is InChI=1S/C22H35NO2/c1-13(2)20(25)23-16-11-17(21(7,8)14(3)4)19(24)18(12-16)22(9,10)15(5)6/h11-12,14-15,24H,1H2,2-10H3,(H,23,25). The van der Waals surface area contributed by atoms with Gasteiger partial charge in [0, 0.05) is 22.4 Å². The number of carbonyl (C=O) groups excluding carboxylic acids is 1. The lowest BCUT2D eigenvalue weighted by molar-refractivity contribution is -0.112. The minimum Gasteiger partial charge on any atom is -0.507 e. The van der Waals surface area contributed by atoms with E-state index < -0.39 is 0 Å². The average molecular weight is 346 g/mol. The fraction of sp³-hybridized carbons (Fsp3) is 0.591. The summed E-state index contributed by atoms with van der Waals surface area (Å²) in [7, 11) is 0. The molecule has 0 aliphatic rings. The maximum atomic E-state index is 12.1. The highest BCUT2D eigenvalue weighted by Gasteiger charge is 2.34. The van der Waals surface area contributed by atoms with Gasteiger partial charge in [-0.05, 0) is 41.7 Å². The Balaban J connectivity index is 3.68. The molecule has 0 radical (unpaired) electrons. The predicted molar refractivity (Wildman–Crippen MR) is 107 cm³/mol. The lowest BCUT2D eigenvalue weighted by atomic mass is 9.69. The average Bonchev–Trinajstić information content (AvgIpc) is 2.47. The predicted octanol–water partition coefficient (Wildman–Crippen LogP) is 5.77. The number of hydrogen-bond acceptors (Lipinski definition) is 2. The lowest BCUT2D eigenvalue weighted by Crippen LogP contribution is -2.29. The van der Waals surface area contributed by atoms with E-state index in [1.165, 1.54) is 0 Å². The van der Waals surface area contributed by atoms with Crippen molar-refractivity contribution in [1.29, 1.82) is 0 Å². The molecular formula is C22H35NO2. The third-order valence-corrected chi connectivity index (χ3v) is 6.03. The summed E-state index contributed by atoms with van der Waals surface area (Å²) in [6.45, 7) is 22.5. The van der Waals surface area contributed by atoms with Crippen molar-refractivity contribution in [2.24, 2.45) is 11.8 Å².